The average Bonchev–Trinajstić information content (AvgIpc) is 3.40. The van der Waals surface area contributed by atoms with Gasteiger partial charge in [0.1, 0.15) is 0 Å². The number of anilines is 1. The van der Waals surface area contributed by atoms with Crippen molar-refractivity contribution < 1.29 is 19.5 Å². The lowest BCUT2D eigenvalue weighted by Gasteiger charge is -2.29. The van der Waals surface area contributed by atoms with E-state index >= 15 is 0 Å². The Balaban J connectivity index is 1.51. The molecule has 0 spiro atoms. The Morgan fingerprint density at radius 3 is 2.68 bits per heavy atom. The number of fused-ring (bicyclic) bond motifs is 1. The lowest BCUT2D eigenvalue weighted by molar-refractivity contribution is -0.130. The van der Waals surface area contributed by atoms with Gasteiger partial charge in [-0.3, -0.25) is 9.59 Å². The molecule has 0 fully saturated rings. The maximum atomic E-state index is 13.8. The van der Waals surface area contributed by atoms with Crippen LogP contribution in [0.1, 0.15) is 29.3 Å². The molecule has 2 aromatic carbocycles. The SMILES string of the molecule is C[C@@H]1CN(C(=O)c2ccc(-n3cccn3)cc2Cl)c2ccccc2CN1C(=O)NCCC(=O)N(C)CCO. The summed E-state index contributed by atoms with van der Waals surface area (Å²) in [5.74, 6) is -0.429. The quantitative estimate of drug-likeness (QED) is 0.480. The summed E-state index contributed by atoms with van der Waals surface area (Å²) < 4.78 is 1.66. The van der Waals surface area contributed by atoms with E-state index in [4.69, 9.17) is 16.7 Å². The minimum atomic E-state index is -0.319. The number of aliphatic hydroxyl groups excluding tert-OH is 1. The molecule has 1 aromatic heterocycles. The van der Waals surface area contributed by atoms with Crippen LogP contribution in [0.4, 0.5) is 10.5 Å². The number of hydrogen-bond donors (Lipinski definition) is 2. The first-order valence-electron chi connectivity index (χ1n) is 12.4. The first kappa shape index (κ1) is 27.2. The summed E-state index contributed by atoms with van der Waals surface area (Å²) in [4.78, 5) is 43.8. The number of amides is 4. The Bertz CT molecular complexity index is 1300. The number of likely N-dealkylation sites (N-methyl/N-ethyl adjacent to an activating group) is 1. The van der Waals surface area contributed by atoms with Crippen molar-refractivity contribution in [2.45, 2.75) is 25.9 Å². The molecule has 4 amide bonds. The third-order valence-electron chi connectivity index (χ3n) is 6.54. The highest BCUT2D eigenvalue weighted by Crippen LogP contribution is 2.30. The first-order valence-corrected chi connectivity index (χ1v) is 12.8. The summed E-state index contributed by atoms with van der Waals surface area (Å²) >= 11 is 6.56. The van der Waals surface area contributed by atoms with Crippen molar-refractivity contribution >= 4 is 35.1 Å². The van der Waals surface area contributed by atoms with Gasteiger partial charge >= 0.3 is 6.03 Å². The Hall–Kier alpha value is -3.89. The standard InChI is InChI=1S/C27H31ClN6O4/c1-19-17-33(26(37)22-9-8-21(16-23(22)28)34-13-5-11-30-34)24-7-4-3-6-20(24)18-32(19)27(38)29-12-10-25(36)31(2)14-15-35/h3-9,11,13,16,19,35H,10,12,14-15,17-18H2,1-2H3,(H,29,38)/t19-/m1/s1. The minimum Gasteiger partial charge on any atom is -0.395 e. The number of urea groups is 1. The number of nitrogens with zero attached hydrogens (tertiary/aromatic N) is 5. The monoisotopic (exact) mass is 538 g/mol. The summed E-state index contributed by atoms with van der Waals surface area (Å²) in [6.45, 7) is 2.74. The average molecular weight is 539 g/mol. The van der Waals surface area contributed by atoms with Crippen molar-refractivity contribution in [2.75, 3.05) is 38.2 Å². The molecule has 4 rings (SSSR count). The van der Waals surface area contributed by atoms with Gasteiger partial charge in [-0.05, 0) is 42.8 Å². The van der Waals surface area contributed by atoms with Crippen LogP contribution in [-0.2, 0) is 11.3 Å². The van der Waals surface area contributed by atoms with E-state index in [2.05, 4.69) is 10.4 Å². The van der Waals surface area contributed by atoms with Crippen molar-refractivity contribution in [3.63, 3.8) is 0 Å². The number of aromatic nitrogens is 2. The molecular formula is C27H31ClN6O4. The van der Waals surface area contributed by atoms with E-state index < -0.39 is 0 Å². The molecule has 11 heteroatoms. The van der Waals surface area contributed by atoms with Gasteiger partial charge in [0.05, 0.1) is 22.9 Å². The third kappa shape index (κ3) is 5.98. The highest BCUT2D eigenvalue weighted by Gasteiger charge is 2.32. The molecule has 0 saturated carbocycles. The molecule has 1 aliphatic heterocycles. The number of para-hydroxylation sites is 1. The number of carbonyl (C=O) groups is 3. The van der Waals surface area contributed by atoms with E-state index in [1.807, 2.05) is 31.2 Å². The predicted molar refractivity (Wildman–Crippen MR) is 144 cm³/mol. The van der Waals surface area contributed by atoms with Crippen LogP contribution >= 0.6 is 11.6 Å². The van der Waals surface area contributed by atoms with Gasteiger partial charge in [-0.1, -0.05) is 29.8 Å². The number of hydrogen-bond acceptors (Lipinski definition) is 5. The number of carbonyl (C=O) groups excluding carboxylic acids is 3. The maximum absolute atomic E-state index is 13.8. The molecule has 1 atom stereocenters. The zero-order valence-corrected chi connectivity index (χ0v) is 22.1. The second kappa shape index (κ2) is 12.1. The van der Waals surface area contributed by atoms with Crippen LogP contribution in [0.25, 0.3) is 5.69 Å². The van der Waals surface area contributed by atoms with Gasteiger partial charge in [-0.15, -0.1) is 0 Å². The highest BCUT2D eigenvalue weighted by molar-refractivity contribution is 6.34. The van der Waals surface area contributed by atoms with Gasteiger partial charge in [0.25, 0.3) is 5.91 Å². The summed E-state index contributed by atoms with van der Waals surface area (Å²) in [6, 6.07) is 13.8. The van der Waals surface area contributed by atoms with Gasteiger partial charge in [-0.25, -0.2) is 9.48 Å². The van der Waals surface area contributed by atoms with E-state index in [-0.39, 0.29) is 56.5 Å². The van der Waals surface area contributed by atoms with Gasteiger partial charge in [0.15, 0.2) is 0 Å². The molecule has 1 aliphatic rings. The molecule has 2 heterocycles. The van der Waals surface area contributed by atoms with E-state index in [1.165, 1.54) is 4.90 Å². The molecule has 3 aromatic rings. The molecule has 0 saturated heterocycles. The second-order valence-corrected chi connectivity index (χ2v) is 9.56. The highest BCUT2D eigenvalue weighted by atomic mass is 35.5. The first-order chi connectivity index (χ1) is 18.3. The number of nitrogens with one attached hydrogen (secondary N) is 1. The molecule has 200 valence electrons. The van der Waals surface area contributed by atoms with Crippen LogP contribution in [0.5, 0.6) is 0 Å². The smallest absolute Gasteiger partial charge is 0.318 e. The zero-order valence-electron chi connectivity index (χ0n) is 21.4. The summed E-state index contributed by atoms with van der Waals surface area (Å²) in [5.41, 5.74) is 2.63. The van der Waals surface area contributed by atoms with Crippen molar-refractivity contribution in [3.05, 3.63) is 77.1 Å². The van der Waals surface area contributed by atoms with Gasteiger partial charge in [0, 0.05) is 63.8 Å². The van der Waals surface area contributed by atoms with Crippen molar-refractivity contribution in [1.82, 2.24) is 24.9 Å². The minimum absolute atomic E-state index is 0.117. The lowest BCUT2D eigenvalue weighted by atomic mass is 10.1. The molecule has 10 nitrogen and oxygen atoms in total. The van der Waals surface area contributed by atoms with E-state index in [9.17, 15) is 14.4 Å². The number of benzene rings is 2. The van der Waals surface area contributed by atoms with E-state index in [1.54, 1.807) is 58.2 Å². The fraction of sp³-hybridized carbons (Fsp3) is 0.333. The number of rotatable bonds is 7. The summed E-state index contributed by atoms with van der Waals surface area (Å²) in [7, 11) is 1.61. The Morgan fingerprint density at radius 2 is 1.97 bits per heavy atom. The van der Waals surface area contributed by atoms with Crippen LogP contribution in [0.15, 0.2) is 60.9 Å². The fourth-order valence-corrected chi connectivity index (χ4v) is 4.66. The fourth-order valence-electron chi connectivity index (χ4n) is 4.40. The Morgan fingerprint density at radius 1 is 1.18 bits per heavy atom. The molecule has 0 bridgehead atoms. The van der Waals surface area contributed by atoms with Gasteiger partial charge in [-0.2, -0.15) is 5.10 Å². The maximum Gasteiger partial charge on any atom is 0.318 e. The number of aliphatic hydroxyl groups is 1. The molecule has 0 radical (unpaired) electrons. The molecule has 2 N–H and O–H groups in total. The zero-order chi connectivity index (χ0) is 27.2. The van der Waals surface area contributed by atoms with E-state index in [0.717, 1.165) is 11.3 Å². The largest absolute Gasteiger partial charge is 0.395 e. The molecule has 38 heavy (non-hydrogen) atoms. The molecule has 0 unspecified atom stereocenters. The summed E-state index contributed by atoms with van der Waals surface area (Å²) in [6.07, 6.45) is 3.58. The van der Waals surface area contributed by atoms with Crippen molar-refractivity contribution in [2.24, 2.45) is 0 Å². The molecule has 0 aliphatic carbocycles. The second-order valence-electron chi connectivity index (χ2n) is 9.16. The van der Waals surface area contributed by atoms with Crippen LogP contribution < -0.4 is 10.2 Å². The predicted octanol–water partition coefficient (Wildman–Crippen LogP) is 2.93. The van der Waals surface area contributed by atoms with Crippen LogP contribution in [0.3, 0.4) is 0 Å². The van der Waals surface area contributed by atoms with Crippen LogP contribution in [0.2, 0.25) is 5.02 Å². The van der Waals surface area contributed by atoms with Crippen molar-refractivity contribution in [1.29, 1.82) is 0 Å². The van der Waals surface area contributed by atoms with Crippen molar-refractivity contribution in [3.8, 4) is 5.69 Å². The lowest BCUT2D eigenvalue weighted by Crippen LogP contribution is -2.48. The van der Waals surface area contributed by atoms with E-state index in [0.29, 0.717) is 22.8 Å². The Labute approximate surface area is 226 Å². The molecular weight excluding hydrogens is 508 g/mol. The van der Waals surface area contributed by atoms with Crippen LogP contribution in [-0.4, -0.2) is 81.9 Å². The topological polar surface area (TPSA) is 111 Å². The summed E-state index contributed by atoms with van der Waals surface area (Å²) in [5, 5.41) is 16.3. The number of halogens is 1. The Kier molecular flexibility index (Phi) is 8.65. The normalized spacial score (nSPS) is 15.0. The third-order valence-corrected chi connectivity index (χ3v) is 6.85. The van der Waals surface area contributed by atoms with Gasteiger partial charge < -0.3 is 25.1 Å². The van der Waals surface area contributed by atoms with Crippen LogP contribution in [0, 0.1) is 0 Å². The van der Waals surface area contributed by atoms with Gasteiger partial charge in [0.2, 0.25) is 5.91 Å².